The van der Waals surface area contributed by atoms with Gasteiger partial charge in [-0.1, -0.05) is 127 Å². The molecule has 0 spiro atoms. The Morgan fingerprint density at radius 3 is 1.63 bits per heavy atom. The fourth-order valence-corrected chi connectivity index (χ4v) is 9.16. The number of hydrogen-bond acceptors (Lipinski definition) is 1. The average molecular weight is 689 g/mol. The first-order chi connectivity index (χ1) is 26.8. The topological polar surface area (TPSA) is 17.0 Å². The number of para-hydroxylation sites is 6. The van der Waals surface area contributed by atoms with Crippen LogP contribution in [0, 0.1) is 0 Å². The van der Waals surface area contributed by atoms with Crippen LogP contribution in [0.2, 0.25) is 0 Å². The van der Waals surface area contributed by atoms with Crippen LogP contribution in [0.5, 0.6) is 0 Å². The molecule has 4 heterocycles. The van der Waals surface area contributed by atoms with E-state index >= 15 is 0 Å². The molecule has 0 unspecified atom stereocenters. The molecule has 4 aromatic heterocycles. The minimum atomic E-state index is 1.10. The highest BCUT2D eigenvalue weighted by molar-refractivity contribution is 6.26. The van der Waals surface area contributed by atoms with E-state index in [2.05, 4.69) is 212 Å². The van der Waals surface area contributed by atoms with Gasteiger partial charge in [-0.15, -0.1) is 0 Å². The van der Waals surface area contributed by atoms with Crippen LogP contribution in [0.4, 0.5) is 17.1 Å². The quantitative estimate of drug-likeness (QED) is 0.176. The Labute approximate surface area is 310 Å². The summed E-state index contributed by atoms with van der Waals surface area (Å²) in [5, 5.41) is 6.25. The number of imidazole rings is 1. The average Bonchev–Trinajstić information content (AvgIpc) is 3.97. The molecule has 252 valence electrons. The number of hydrogen-bond donors (Lipinski definition) is 0. The normalized spacial score (nSPS) is 12.1. The third-order valence-electron chi connectivity index (χ3n) is 11.3. The van der Waals surface area contributed by atoms with Crippen LogP contribution in [-0.2, 0) is 0 Å². The first kappa shape index (κ1) is 29.3. The van der Waals surface area contributed by atoms with Gasteiger partial charge in [0.2, 0.25) is 0 Å². The zero-order valence-electron chi connectivity index (χ0n) is 29.3. The predicted octanol–water partition coefficient (Wildman–Crippen LogP) is 13.3. The van der Waals surface area contributed by atoms with E-state index in [4.69, 9.17) is 0 Å². The van der Waals surface area contributed by atoms with Crippen molar-refractivity contribution >= 4 is 82.7 Å². The molecule has 12 rings (SSSR count). The lowest BCUT2D eigenvalue weighted by molar-refractivity contribution is 1.18. The first-order valence-corrected chi connectivity index (χ1v) is 18.5. The first-order valence-electron chi connectivity index (χ1n) is 18.5. The molecule has 0 aliphatic carbocycles. The fourth-order valence-electron chi connectivity index (χ4n) is 9.16. The highest BCUT2D eigenvalue weighted by Gasteiger charge is 2.28. The number of benzene rings is 8. The Bertz CT molecular complexity index is 3360. The molecule has 54 heavy (non-hydrogen) atoms. The summed E-state index contributed by atoms with van der Waals surface area (Å²) in [5.74, 6) is 0. The summed E-state index contributed by atoms with van der Waals surface area (Å²) in [4.78, 5) is 2.50. The van der Waals surface area contributed by atoms with Crippen molar-refractivity contribution in [1.29, 1.82) is 0 Å². The highest BCUT2D eigenvalue weighted by atomic mass is 15.2. The number of fused-ring (bicyclic) bond motifs is 12. The SMILES string of the molecule is c1ccc(-c2ccc(N(c3cccc4c3c3ccccc3n4-c3ccccc3)c3cccc4c5c6ccccc6n6c7ccccc7n(c34)c56)cc2)cc1. The summed E-state index contributed by atoms with van der Waals surface area (Å²) in [6, 6.07) is 70.6. The van der Waals surface area contributed by atoms with Gasteiger partial charge >= 0.3 is 0 Å². The highest BCUT2D eigenvalue weighted by Crippen LogP contribution is 2.49. The fraction of sp³-hybridized carbons (Fsp3) is 0. The van der Waals surface area contributed by atoms with Crippen LogP contribution in [0.25, 0.3) is 82.5 Å². The lowest BCUT2D eigenvalue weighted by Gasteiger charge is -2.27. The summed E-state index contributed by atoms with van der Waals surface area (Å²) in [6.45, 7) is 0. The van der Waals surface area contributed by atoms with E-state index in [1.807, 2.05) is 0 Å². The van der Waals surface area contributed by atoms with Gasteiger partial charge in [0, 0.05) is 38.3 Å². The smallest absolute Gasteiger partial charge is 0.131 e. The Morgan fingerprint density at radius 1 is 0.333 bits per heavy atom. The maximum Gasteiger partial charge on any atom is 0.131 e. The van der Waals surface area contributed by atoms with Crippen LogP contribution < -0.4 is 4.90 Å². The monoisotopic (exact) mass is 688 g/mol. The van der Waals surface area contributed by atoms with Gasteiger partial charge in [-0.05, 0) is 77.9 Å². The second-order valence-corrected chi connectivity index (χ2v) is 14.2. The van der Waals surface area contributed by atoms with E-state index in [1.165, 1.54) is 76.8 Å². The summed E-state index contributed by atoms with van der Waals surface area (Å²) < 4.78 is 7.37. The molecule has 8 aromatic carbocycles. The van der Waals surface area contributed by atoms with Gasteiger partial charge < -0.3 is 9.47 Å². The van der Waals surface area contributed by atoms with Crippen LogP contribution in [0.3, 0.4) is 0 Å². The number of rotatable bonds is 5. The molecule has 0 atom stereocenters. The third-order valence-corrected chi connectivity index (χ3v) is 11.3. The Morgan fingerprint density at radius 2 is 0.870 bits per heavy atom. The van der Waals surface area contributed by atoms with E-state index in [0.717, 1.165) is 22.7 Å². The van der Waals surface area contributed by atoms with E-state index in [-0.39, 0.29) is 0 Å². The minimum absolute atomic E-state index is 1.10. The molecule has 0 fully saturated rings. The summed E-state index contributed by atoms with van der Waals surface area (Å²) in [5.41, 5.74) is 15.3. The van der Waals surface area contributed by atoms with Crippen molar-refractivity contribution < 1.29 is 0 Å². The van der Waals surface area contributed by atoms with Crippen molar-refractivity contribution in [2.45, 2.75) is 0 Å². The standard InChI is InChI=1S/C50H32N4/c1-3-15-33(16-4-1)34-29-31-36(32-30-34)52(45-27-14-26-44-48(45)38-20-8-9-22-40(38)51(44)35-17-5-2-6-18-35)46-28-13-21-39-47-37-19-7-10-23-41(37)53-42-24-11-12-25-43(42)54(49(39)46)50(47)53/h1-32H. The minimum Gasteiger partial charge on any atom is -0.309 e. The maximum atomic E-state index is 2.51. The van der Waals surface area contributed by atoms with Gasteiger partial charge in [-0.25, -0.2) is 0 Å². The van der Waals surface area contributed by atoms with Crippen LogP contribution >= 0.6 is 0 Å². The molecule has 0 N–H and O–H groups in total. The number of nitrogens with zero attached hydrogens (tertiary/aromatic N) is 4. The van der Waals surface area contributed by atoms with Crippen molar-refractivity contribution in [2.75, 3.05) is 4.90 Å². The van der Waals surface area contributed by atoms with Crippen molar-refractivity contribution in [3.05, 3.63) is 194 Å². The van der Waals surface area contributed by atoms with Crippen molar-refractivity contribution in [2.24, 2.45) is 0 Å². The molecule has 0 saturated carbocycles. The lowest BCUT2D eigenvalue weighted by Crippen LogP contribution is -2.11. The molecular formula is C50H32N4. The van der Waals surface area contributed by atoms with Crippen LogP contribution in [0.15, 0.2) is 194 Å². The van der Waals surface area contributed by atoms with E-state index < -0.39 is 0 Å². The molecule has 0 amide bonds. The molecule has 4 nitrogen and oxygen atoms in total. The summed E-state index contributed by atoms with van der Waals surface area (Å²) in [6.07, 6.45) is 0. The van der Waals surface area contributed by atoms with Crippen molar-refractivity contribution in [3.8, 4) is 16.8 Å². The molecule has 0 saturated heterocycles. The van der Waals surface area contributed by atoms with Gasteiger partial charge in [0.05, 0.1) is 44.5 Å². The van der Waals surface area contributed by atoms with Crippen LogP contribution in [0.1, 0.15) is 0 Å². The Balaban J connectivity index is 1.22. The van der Waals surface area contributed by atoms with Gasteiger partial charge in [0.1, 0.15) is 5.65 Å². The molecule has 0 aliphatic rings. The molecule has 0 bridgehead atoms. The molecule has 12 aromatic rings. The predicted molar refractivity (Wildman–Crippen MR) is 227 cm³/mol. The van der Waals surface area contributed by atoms with Crippen molar-refractivity contribution in [3.63, 3.8) is 0 Å². The van der Waals surface area contributed by atoms with Gasteiger partial charge in [0.15, 0.2) is 0 Å². The second-order valence-electron chi connectivity index (χ2n) is 14.2. The molecular weight excluding hydrogens is 657 g/mol. The zero-order chi connectivity index (χ0) is 35.3. The van der Waals surface area contributed by atoms with E-state index in [1.54, 1.807) is 0 Å². The summed E-state index contributed by atoms with van der Waals surface area (Å²) >= 11 is 0. The maximum absolute atomic E-state index is 2.51. The Kier molecular flexibility index (Phi) is 6.02. The molecule has 0 aliphatic heterocycles. The number of aromatic nitrogens is 3. The largest absolute Gasteiger partial charge is 0.309 e. The molecule has 0 radical (unpaired) electrons. The molecule has 4 heteroatoms. The second kappa shape index (κ2) is 11.1. The third kappa shape index (κ3) is 3.91. The zero-order valence-corrected chi connectivity index (χ0v) is 29.3. The van der Waals surface area contributed by atoms with Gasteiger partial charge in [-0.2, -0.15) is 0 Å². The van der Waals surface area contributed by atoms with Gasteiger partial charge in [0.25, 0.3) is 0 Å². The number of anilines is 3. The van der Waals surface area contributed by atoms with Gasteiger partial charge in [-0.3, -0.25) is 8.80 Å². The van der Waals surface area contributed by atoms with E-state index in [0.29, 0.717) is 0 Å². The summed E-state index contributed by atoms with van der Waals surface area (Å²) in [7, 11) is 0. The van der Waals surface area contributed by atoms with Crippen molar-refractivity contribution in [1.82, 2.24) is 13.4 Å². The van der Waals surface area contributed by atoms with E-state index in [9.17, 15) is 0 Å². The van der Waals surface area contributed by atoms with Crippen LogP contribution in [-0.4, -0.2) is 13.4 Å². The lowest BCUT2D eigenvalue weighted by atomic mass is 10.0. The Hall–Kier alpha value is -7.30.